The van der Waals surface area contributed by atoms with Gasteiger partial charge in [0.05, 0.1) is 16.0 Å². The van der Waals surface area contributed by atoms with Crippen molar-refractivity contribution < 1.29 is 24.3 Å². The van der Waals surface area contributed by atoms with E-state index in [0.717, 1.165) is 27.4 Å². The highest BCUT2D eigenvalue weighted by Crippen LogP contribution is 2.44. The van der Waals surface area contributed by atoms with Gasteiger partial charge in [0.1, 0.15) is 17.1 Å². The summed E-state index contributed by atoms with van der Waals surface area (Å²) in [6.07, 6.45) is 2.63. The Hall–Kier alpha value is -2.83. The van der Waals surface area contributed by atoms with Gasteiger partial charge in [-0.15, -0.1) is 23.1 Å². The molecule has 0 spiro atoms. The second-order valence-electron chi connectivity index (χ2n) is 9.41. The summed E-state index contributed by atoms with van der Waals surface area (Å²) in [4.78, 5) is 58.5. The number of carboxylic acid groups (broad SMARTS) is 1. The van der Waals surface area contributed by atoms with Crippen LogP contribution in [0.15, 0.2) is 51.0 Å². The number of carboxylic acids is 1. The molecule has 0 bridgehead atoms. The summed E-state index contributed by atoms with van der Waals surface area (Å²) in [5.74, 6) is -1.50. The molecule has 3 aliphatic heterocycles. The monoisotopic (exact) mass is 556 g/mol. The van der Waals surface area contributed by atoms with Gasteiger partial charge >= 0.3 is 5.97 Å². The molecule has 3 amide bonds. The lowest BCUT2D eigenvalue weighted by atomic mass is 9.96. The van der Waals surface area contributed by atoms with E-state index >= 15 is 0 Å². The molecular formula is C25H24N4O5S3. The Bertz CT molecular complexity index is 1380. The maximum absolute atomic E-state index is 13.0. The molecule has 6 rings (SSSR count). The topological polar surface area (TPSA) is 120 Å². The van der Waals surface area contributed by atoms with E-state index in [1.54, 1.807) is 6.92 Å². The molecule has 192 valence electrons. The molecular weight excluding hydrogens is 532 g/mol. The summed E-state index contributed by atoms with van der Waals surface area (Å²) >= 11 is 4.23. The van der Waals surface area contributed by atoms with Crippen LogP contribution < -0.4 is 5.32 Å². The summed E-state index contributed by atoms with van der Waals surface area (Å²) in [5, 5.41) is 12.3. The molecule has 4 heterocycles. The largest absolute Gasteiger partial charge is 0.477 e. The van der Waals surface area contributed by atoms with Gasteiger partial charge in [-0.3, -0.25) is 19.3 Å². The van der Waals surface area contributed by atoms with E-state index in [0.29, 0.717) is 41.5 Å². The molecule has 37 heavy (non-hydrogen) atoms. The number of amides is 3. The number of nitrogens with one attached hydrogen (secondary N) is 1. The molecule has 4 aliphatic rings. The molecule has 3 fully saturated rings. The Morgan fingerprint density at radius 2 is 2.03 bits per heavy atom. The summed E-state index contributed by atoms with van der Waals surface area (Å²) < 4.78 is 1.82. The van der Waals surface area contributed by atoms with Crippen molar-refractivity contribution in [1.82, 2.24) is 20.1 Å². The number of fused-ring (bicyclic) bond motifs is 2. The number of nitrogens with zero attached hydrogens (tertiary/aromatic N) is 3. The van der Waals surface area contributed by atoms with Crippen molar-refractivity contribution in [2.45, 2.75) is 48.0 Å². The predicted octanol–water partition coefficient (Wildman–Crippen LogP) is 2.84. The first-order valence-electron chi connectivity index (χ1n) is 12.0. The number of hydrogen-bond donors (Lipinski definition) is 2. The third-order valence-electron chi connectivity index (χ3n) is 7.10. The molecule has 9 nitrogen and oxygen atoms in total. The van der Waals surface area contributed by atoms with Gasteiger partial charge in [-0.2, -0.15) is 0 Å². The van der Waals surface area contributed by atoms with Crippen LogP contribution >= 0.6 is 34.9 Å². The summed E-state index contributed by atoms with van der Waals surface area (Å²) in [7, 11) is 0. The molecule has 2 saturated heterocycles. The lowest BCUT2D eigenvalue weighted by molar-refractivity contribution is -0.150. The van der Waals surface area contributed by atoms with Crippen molar-refractivity contribution in [3.8, 4) is 0 Å². The quantitative estimate of drug-likeness (QED) is 0.304. The second kappa shape index (κ2) is 9.48. The SMILES string of the molecule is CC(=C1CCN(C2CC2)C1=O)C1=C(C(=O)O)N2C(=O)[C@@H](NC(=O)CSc3nc4ccccc4s3)[C@H]2SC1. The van der Waals surface area contributed by atoms with Crippen molar-refractivity contribution in [2.24, 2.45) is 0 Å². The molecule has 0 unspecified atom stereocenters. The van der Waals surface area contributed by atoms with Crippen LogP contribution in [0.25, 0.3) is 10.2 Å². The van der Waals surface area contributed by atoms with E-state index in [-0.39, 0.29) is 23.3 Å². The minimum atomic E-state index is -1.20. The number of hydrogen-bond acceptors (Lipinski definition) is 8. The van der Waals surface area contributed by atoms with Crippen LogP contribution in [-0.2, 0) is 19.2 Å². The maximum atomic E-state index is 13.0. The van der Waals surface area contributed by atoms with Crippen LogP contribution in [0.2, 0.25) is 0 Å². The Balaban J connectivity index is 1.14. The summed E-state index contributed by atoms with van der Waals surface area (Å²) in [5.41, 5.74) is 2.62. The van der Waals surface area contributed by atoms with Gasteiger partial charge in [-0.05, 0) is 49.5 Å². The zero-order chi connectivity index (χ0) is 25.8. The van der Waals surface area contributed by atoms with E-state index in [4.69, 9.17) is 0 Å². The number of aliphatic carboxylic acids is 1. The highest BCUT2D eigenvalue weighted by Gasteiger charge is 2.54. The van der Waals surface area contributed by atoms with E-state index in [1.165, 1.54) is 39.8 Å². The normalized spacial score (nSPS) is 24.9. The predicted molar refractivity (Wildman–Crippen MR) is 142 cm³/mol. The Labute approximate surface area is 225 Å². The van der Waals surface area contributed by atoms with E-state index in [2.05, 4.69) is 10.3 Å². The van der Waals surface area contributed by atoms with Crippen molar-refractivity contribution in [2.75, 3.05) is 18.1 Å². The van der Waals surface area contributed by atoms with Crippen molar-refractivity contribution in [3.05, 3.63) is 46.7 Å². The number of benzene rings is 1. The van der Waals surface area contributed by atoms with Gasteiger partial charge in [-0.25, -0.2) is 9.78 Å². The van der Waals surface area contributed by atoms with E-state index < -0.39 is 23.3 Å². The van der Waals surface area contributed by atoms with Crippen LogP contribution in [0.4, 0.5) is 0 Å². The number of aromatic nitrogens is 1. The molecule has 2 aromatic rings. The van der Waals surface area contributed by atoms with Gasteiger partial charge in [0.25, 0.3) is 5.91 Å². The highest BCUT2D eigenvalue weighted by atomic mass is 32.2. The van der Waals surface area contributed by atoms with Crippen LogP contribution in [0.5, 0.6) is 0 Å². The lowest BCUT2D eigenvalue weighted by Crippen LogP contribution is -2.70. The number of carbonyl (C=O) groups is 4. The number of carbonyl (C=O) groups excluding carboxylic acids is 3. The molecule has 2 atom stereocenters. The Morgan fingerprint density at radius 3 is 2.76 bits per heavy atom. The van der Waals surface area contributed by atoms with Gasteiger partial charge < -0.3 is 15.3 Å². The van der Waals surface area contributed by atoms with Crippen molar-refractivity contribution >= 4 is 68.8 Å². The molecule has 12 heteroatoms. The number of allylic oxidation sites excluding steroid dienone is 1. The van der Waals surface area contributed by atoms with Gasteiger partial charge in [-0.1, -0.05) is 23.9 Å². The van der Waals surface area contributed by atoms with Crippen molar-refractivity contribution in [3.63, 3.8) is 0 Å². The zero-order valence-electron chi connectivity index (χ0n) is 19.9. The first kappa shape index (κ1) is 24.5. The first-order chi connectivity index (χ1) is 17.8. The smallest absolute Gasteiger partial charge is 0.352 e. The van der Waals surface area contributed by atoms with Crippen LogP contribution in [-0.4, -0.2) is 79.1 Å². The Morgan fingerprint density at radius 1 is 1.24 bits per heavy atom. The standard InChI is InChI=1S/C25H24N4O5S3/c1-12(14-8-9-28(21(14)31)13-6-7-13)15-10-35-23-19(22(32)29(23)20(15)24(33)34)27-18(30)11-36-25-26-16-4-2-3-5-17(16)37-25/h2-5,13,19,23H,6-11H2,1H3,(H,27,30)(H,33,34)/t19-,23-/m1/s1. The molecule has 1 saturated carbocycles. The van der Waals surface area contributed by atoms with Crippen LogP contribution in [0.1, 0.15) is 26.2 Å². The fourth-order valence-corrected chi connectivity index (χ4v) is 8.35. The van der Waals surface area contributed by atoms with Gasteiger partial charge in [0.15, 0.2) is 4.34 Å². The fraction of sp³-hybridized carbons (Fsp3) is 0.400. The summed E-state index contributed by atoms with van der Waals surface area (Å²) in [6.45, 7) is 2.44. The third-order valence-corrected chi connectivity index (χ3v) is 10.6. The molecule has 1 aromatic carbocycles. The Kier molecular flexibility index (Phi) is 6.28. The van der Waals surface area contributed by atoms with Crippen LogP contribution in [0.3, 0.4) is 0 Å². The third kappa shape index (κ3) is 4.34. The summed E-state index contributed by atoms with van der Waals surface area (Å²) in [6, 6.07) is 7.28. The number of likely N-dealkylation sites (tertiary alicyclic amines) is 1. The molecule has 1 aliphatic carbocycles. The number of thiazole rings is 1. The van der Waals surface area contributed by atoms with E-state index in [9.17, 15) is 24.3 Å². The highest BCUT2D eigenvalue weighted by molar-refractivity contribution is 8.01. The molecule has 2 N–H and O–H groups in total. The van der Waals surface area contributed by atoms with E-state index in [1.807, 2.05) is 29.2 Å². The number of β-lactam (4-membered cyclic amide) rings is 1. The minimum absolute atomic E-state index is 0.0185. The lowest BCUT2D eigenvalue weighted by Gasteiger charge is -2.49. The molecule has 0 radical (unpaired) electrons. The number of rotatable bonds is 7. The minimum Gasteiger partial charge on any atom is -0.477 e. The van der Waals surface area contributed by atoms with Gasteiger partial charge in [0, 0.05) is 23.9 Å². The zero-order valence-corrected chi connectivity index (χ0v) is 22.4. The first-order valence-corrected chi connectivity index (χ1v) is 14.9. The average molecular weight is 557 g/mol. The van der Waals surface area contributed by atoms with Gasteiger partial charge in [0.2, 0.25) is 11.8 Å². The van der Waals surface area contributed by atoms with Crippen molar-refractivity contribution in [1.29, 1.82) is 0 Å². The number of para-hydroxylation sites is 1. The number of thioether (sulfide) groups is 2. The molecule has 1 aromatic heterocycles. The maximum Gasteiger partial charge on any atom is 0.352 e. The van der Waals surface area contributed by atoms with Crippen LogP contribution in [0, 0.1) is 0 Å². The average Bonchev–Trinajstić information content (AvgIpc) is 3.53. The second-order valence-corrected chi connectivity index (χ2v) is 12.8. The fourth-order valence-electron chi connectivity index (χ4n) is 5.04.